The van der Waals surface area contributed by atoms with Crippen LogP contribution in [-0.2, 0) is 6.18 Å². The number of rotatable bonds is 3. The number of nitrogens with zero attached hydrogens (tertiary/aromatic N) is 2. The zero-order valence-electron chi connectivity index (χ0n) is 12.8. The van der Waals surface area contributed by atoms with Crippen LogP contribution in [0.2, 0.25) is 0 Å². The summed E-state index contributed by atoms with van der Waals surface area (Å²) in [5.74, 6) is -0.415. The second kappa shape index (κ2) is 6.22. The smallest absolute Gasteiger partial charge is 0.451 e. The van der Waals surface area contributed by atoms with E-state index in [1.54, 1.807) is 12.1 Å². The minimum Gasteiger partial charge on any atom is -0.497 e. The number of anilines is 1. The van der Waals surface area contributed by atoms with Crippen molar-refractivity contribution < 1.29 is 17.9 Å². The number of nitrogens with one attached hydrogen (secondary N) is 1. The van der Waals surface area contributed by atoms with Crippen molar-refractivity contribution in [3.05, 3.63) is 24.0 Å². The molecule has 0 unspecified atom stereocenters. The molecule has 0 saturated heterocycles. The van der Waals surface area contributed by atoms with Gasteiger partial charge in [0.15, 0.2) is 0 Å². The van der Waals surface area contributed by atoms with E-state index in [0.29, 0.717) is 11.1 Å². The number of aromatic nitrogens is 2. The van der Waals surface area contributed by atoms with Crippen LogP contribution in [0.15, 0.2) is 18.2 Å². The Morgan fingerprint density at radius 3 is 2.52 bits per heavy atom. The molecular weight excluding hydrogens is 307 g/mol. The summed E-state index contributed by atoms with van der Waals surface area (Å²) in [6.07, 6.45) is 0.654. The Bertz CT molecular complexity index is 697. The van der Waals surface area contributed by atoms with Gasteiger partial charge in [0, 0.05) is 17.5 Å². The maximum absolute atomic E-state index is 13.1. The molecular formula is C16H18F3N3O. The molecule has 0 bridgehead atoms. The van der Waals surface area contributed by atoms with Crippen LogP contribution < -0.4 is 10.1 Å². The lowest BCUT2D eigenvalue weighted by molar-refractivity contribution is -0.144. The highest BCUT2D eigenvalue weighted by Gasteiger charge is 2.35. The third-order valence-electron chi connectivity index (χ3n) is 4.10. The van der Waals surface area contributed by atoms with Gasteiger partial charge >= 0.3 is 6.18 Å². The minimum absolute atomic E-state index is 0.157. The van der Waals surface area contributed by atoms with Crippen molar-refractivity contribution in [2.24, 2.45) is 0 Å². The predicted octanol–water partition coefficient (Wildman–Crippen LogP) is 4.40. The molecule has 2 aromatic rings. The highest BCUT2D eigenvalue weighted by Crippen LogP contribution is 2.32. The van der Waals surface area contributed by atoms with E-state index in [1.807, 2.05) is 0 Å². The molecule has 1 heterocycles. The molecule has 1 aromatic carbocycles. The molecule has 1 N–H and O–H groups in total. The number of alkyl halides is 3. The lowest BCUT2D eigenvalue weighted by Gasteiger charge is -2.24. The summed E-state index contributed by atoms with van der Waals surface area (Å²) in [5.41, 5.74) is 0.227. The fourth-order valence-corrected chi connectivity index (χ4v) is 2.91. The van der Waals surface area contributed by atoms with Gasteiger partial charge in [0.2, 0.25) is 5.82 Å². The molecule has 0 radical (unpaired) electrons. The van der Waals surface area contributed by atoms with Crippen LogP contribution in [0, 0.1) is 0 Å². The summed E-state index contributed by atoms with van der Waals surface area (Å²) in [6.45, 7) is 0. The number of hydrogen-bond donors (Lipinski definition) is 1. The predicted molar refractivity (Wildman–Crippen MR) is 81.6 cm³/mol. The van der Waals surface area contributed by atoms with E-state index in [0.717, 1.165) is 25.7 Å². The monoisotopic (exact) mass is 325 g/mol. The quantitative estimate of drug-likeness (QED) is 0.908. The third kappa shape index (κ3) is 3.48. The molecule has 0 atom stereocenters. The van der Waals surface area contributed by atoms with Crippen molar-refractivity contribution in [3.63, 3.8) is 0 Å². The Morgan fingerprint density at radius 2 is 1.87 bits per heavy atom. The summed E-state index contributed by atoms with van der Waals surface area (Å²) in [5, 5.41) is 3.76. The van der Waals surface area contributed by atoms with E-state index >= 15 is 0 Å². The van der Waals surface area contributed by atoms with Gasteiger partial charge in [-0.3, -0.25) is 0 Å². The number of fused-ring (bicyclic) bond motifs is 1. The Hall–Kier alpha value is -2.05. The van der Waals surface area contributed by atoms with Crippen molar-refractivity contribution in [2.45, 2.75) is 44.3 Å². The van der Waals surface area contributed by atoms with Gasteiger partial charge in [-0.1, -0.05) is 19.3 Å². The minimum atomic E-state index is -4.58. The summed E-state index contributed by atoms with van der Waals surface area (Å²) < 4.78 is 44.3. The van der Waals surface area contributed by atoms with Crippen molar-refractivity contribution >= 4 is 16.7 Å². The van der Waals surface area contributed by atoms with Crippen molar-refractivity contribution in [1.82, 2.24) is 9.97 Å². The first-order valence-corrected chi connectivity index (χ1v) is 7.67. The zero-order valence-corrected chi connectivity index (χ0v) is 12.8. The van der Waals surface area contributed by atoms with E-state index in [9.17, 15) is 13.2 Å². The topological polar surface area (TPSA) is 47.0 Å². The van der Waals surface area contributed by atoms with Crippen molar-refractivity contribution in [3.8, 4) is 5.75 Å². The largest absolute Gasteiger partial charge is 0.497 e. The van der Waals surface area contributed by atoms with Crippen LogP contribution in [0.3, 0.4) is 0 Å². The van der Waals surface area contributed by atoms with E-state index < -0.39 is 12.0 Å². The molecule has 3 rings (SSSR count). The molecule has 23 heavy (non-hydrogen) atoms. The molecule has 0 spiro atoms. The van der Waals surface area contributed by atoms with Gasteiger partial charge in [-0.05, 0) is 25.0 Å². The summed E-state index contributed by atoms with van der Waals surface area (Å²) in [7, 11) is 1.47. The normalized spacial score (nSPS) is 16.5. The van der Waals surface area contributed by atoms with Gasteiger partial charge in [0.25, 0.3) is 0 Å². The van der Waals surface area contributed by atoms with Gasteiger partial charge in [-0.25, -0.2) is 9.97 Å². The molecule has 1 aliphatic rings. The van der Waals surface area contributed by atoms with Gasteiger partial charge in [0.05, 0.1) is 12.6 Å². The molecule has 1 saturated carbocycles. The number of ether oxygens (including phenoxy) is 1. The highest BCUT2D eigenvalue weighted by atomic mass is 19.4. The second-order valence-electron chi connectivity index (χ2n) is 5.76. The van der Waals surface area contributed by atoms with Gasteiger partial charge in [0.1, 0.15) is 11.6 Å². The third-order valence-corrected chi connectivity index (χ3v) is 4.10. The van der Waals surface area contributed by atoms with Crippen LogP contribution in [0.5, 0.6) is 5.75 Å². The summed E-state index contributed by atoms with van der Waals surface area (Å²) in [6, 6.07) is 5.05. The van der Waals surface area contributed by atoms with Gasteiger partial charge in [-0.2, -0.15) is 13.2 Å². The molecule has 1 fully saturated rings. The molecule has 7 heteroatoms. The van der Waals surface area contributed by atoms with Crippen LogP contribution in [0.1, 0.15) is 37.9 Å². The first kappa shape index (κ1) is 15.8. The number of halogens is 3. The molecule has 1 aliphatic carbocycles. The van der Waals surface area contributed by atoms with Crippen LogP contribution in [0.4, 0.5) is 19.0 Å². The maximum Gasteiger partial charge on any atom is 0.451 e. The van der Waals surface area contributed by atoms with Crippen molar-refractivity contribution in [1.29, 1.82) is 0 Å². The van der Waals surface area contributed by atoms with Crippen LogP contribution in [-0.4, -0.2) is 23.1 Å². The molecule has 0 amide bonds. The average molecular weight is 325 g/mol. The van der Waals surface area contributed by atoms with Gasteiger partial charge < -0.3 is 10.1 Å². The second-order valence-corrected chi connectivity index (χ2v) is 5.76. The Balaban J connectivity index is 2.05. The van der Waals surface area contributed by atoms with Crippen LogP contribution >= 0.6 is 0 Å². The first-order chi connectivity index (χ1) is 11.0. The first-order valence-electron chi connectivity index (χ1n) is 7.67. The molecule has 1 aromatic heterocycles. The van der Waals surface area contributed by atoms with Crippen molar-refractivity contribution in [2.75, 3.05) is 12.4 Å². The summed E-state index contributed by atoms with van der Waals surface area (Å²) >= 11 is 0. The molecule has 0 aliphatic heterocycles. The number of hydrogen-bond acceptors (Lipinski definition) is 4. The SMILES string of the molecule is COc1ccc2c(NC3CCCCC3)nc(C(F)(F)F)nc2c1. The van der Waals surface area contributed by atoms with Gasteiger partial charge in [-0.15, -0.1) is 0 Å². The lowest BCUT2D eigenvalue weighted by Crippen LogP contribution is -2.24. The van der Waals surface area contributed by atoms with E-state index in [-0.39, 0.29) is 17.4 Å². The zero-order chi connectivity index (χ0) is 16.4. The molecule has 124 valence electrons. The number of methoxy groups -OCH3 is 1. The van der Waals surface area contributed by atoms with E-state index in [4.69, 9.17) is 4.74 Å². The fraction of sp³-hybridized carbons (Fsp3) is 0.500. The summed E-state index contributed by atoms with van der Waals surface area (Å²) in [4.78, 5) is 7.39. The lowest BCUT2D eigenvalue weighted by atomic mass is 9.95. The van der Waals surface area contributed by atoms with E-state index in [1.165, 1.54) is 19.6 Å². The average Bonchev–Trinajstić information content (AvgIpc) is 2.54. The number of benzene rings is 1. The Kier molecular flexibility index (Phi) is 4.28. The standard InChI is InChI=1S/C16H18F3N3O/c1-23-11-7-8-12-13(9-11)21-15(16(17,18)19)22-14(12)20-10-5-3-2-4-6-10/h7-10H,2-6H2,1H3,(H,20,21,22). The fourth-order valence-electron chi connectivity index (χ4n) is 2.91. The van der Waals surface area contributed by atoms with E-state index in [2.05, 4.69) is 15.3 Å². The Morgan fingerprint density at radius 1 is 1.13 bits per heavy atom. The van der Waals surface area contributed by atoms with Crippen LogP contribution in [0.25, 0.3) is 10.9 Å². The molecule has 4 nitrogen and oxygen atoms in total. The Labute approximate surface area is 132 Å². The maximum atomic E-state index is 13.1. The highest BCUT2D eigenvalue weighted by molar-refractivity contribution is 5.90.